The number of rotatable bonds is 5. The Hall–Kier alpha value is -3.62. The van der Waals surface area contributed by atoms with Crippen LogP contribution in [0.3, 0.4) is 0 Å². The van der Waals surface area contributed by atoms with E-state index in [0.717, 1.165) is 59.3 Å². The van der Waals surface area contributed by atoms with Gasteiger partial charge in [-0.1, -0.05) is 55.5 Å². The predicted molar refractivity (Wildman–Crippen MR) is 135 cm³/mol. The number of carbonyl (C=O) groups is 1. The maximum Gasteiger partial charge on any atom is 0.176 e. The number of ketones is 1. The Kier molecular flexibility index (Phi) is 6.08. The molecule has 5 heteroatoms. The lowest BCUT2D eigenvalue weighted by molar-refractivity contribution is -0.121. The van der Waals surface area contributed by atoms with Gasteiger partial charge in [-0.15, -0.1) is 0 Å². The van der Waals surface area contributed by atoms with Crippen LogP contribution in [-0.2, 0) is 23.1 Å². The second kappa shape index (κ2) is 9.20. The van der Waals surface area contributed by atoms with Gasteiger partial charge in [0.15, 0.2) is 5.78 Å². The first-order valence-electron chi connectivity index (χ1n) is 12.3. The number of fused-ring (bicyclic) bond motifs is 3. The third-order valence-electron chi connectivity index (χ3n) is 7.65. The molecule has 0 radical (unpaired) electrons. The quantitative estimate of drug-likeness (QED) is 0.582. The molecular weight excluding hydrogens is 434 g/mol. The number of nitrogens with zero attached hydrogens (tertiary/aromatic N) is 3. The maximum absolute atomic E-state index is 13.0. The van der Waals surface area contributed by atoms with Crippen molar-refractivity contribution in [1.29, 1.82) is 5.26 Å². The molecule has 2 aliphatic rings. The summed E-state index contributed by atoms with van der Waals surface area (Å²) in [6.07, 6.45) is 5.00. The van der Waals surface area contributed by atoms with E-state index in [2.05, 4.69) is 36.4 Å². The minimum atomic E-state index is -0.663. The van der Waals surface area contributed by atoms with Gasteiger partial charge in [0.05, 0.1) is 22.4 Å². The SMILES string of the molecule is Cc1nc(-c2cccc(CCCO)c2)c2c(n1)[C@@]1(c3ccccc3)C=C(C#N)C(=O)[C@@H](C)[C@@H]1CC2. The molecule has 0 amide bonds. The van der Waals surface area contributed by atoms with Crippen LogP contribution in [0.25, 0.3) is 11.3 Å². The summed E-state index contributed by atoms with van der Waals surface area (Å²) in [6, 6.07) is 20.7. The Morgan fingerprint density at radius 2 is 1.94 bits per heavy atom. The third kappa shape index (κ3) is 3.79. The first-order valence-corrected chi connectivity index (χ1v) is 12.3. The van der Waals surface area contributed by atoms with Crippen molar-refractivity contribution < 1.29 is 9.90 Å². The number of aliphatic hydroxyl groups is 1. The van der Waals surface area contributed by atoms with Gasteiger partial charge in [-0.3, -0.25) is 4.79 Å². The molecule has 0 fully saturated rings. The van der Waals surface area contributed by atoms with Gasteiger partial charge >= 0.3 is 0 Å². The molecule has 176 valence electrons. The number of aliphatic hydroxyl groups excluding tert-OH is 1. The van der Waals surface area contributed by atoms with E-state index in [1.807, 2.05) is 44.2 Å². The minimum Gasteiger partial charge on any atom is -0.396 e. The summed E-state index contributed by atoms with van der Waals surface area (Å²) < 4.78 is 0. The van der Waals surface area contributed by atoms with E-state index in [9.17, 15) is 15.2 Å². The molecule has 5 nitrogen and oxygen atoms in total. The van der Waals surface area contributed by atoms with Crippen LogP contribution < -0.4 is 0 Å². The number of hydrogen-bond donors (Lipinski definition) is 1. The summed E-state index contributed by atoms with van der Waals surface area (Å²) >= 11 is 0. The molecule has 3 aromatic rings. The van der Waals surface area contributed by atoms with Crippen LogP contribution in [0.5, 0.6) is 0 Å². The van der Waals surface area contributed by atoms with Crippen molar-refractivity contribution in [2.75, 3.05) is 6.61 Å². The van der Waals surface area contributed by atoms with Crippen molar-refractivity contribution in [3.63, 3.8) is 0 Å². The molecule has 0 spiro atoms. The van der Waals surface area contributed by atoms with Gasteiger partial charge < -0.3 is 5.11 Å². The molecule has 0 saturated heterocycles. The van der Waals surface area contributed by atoms with E-state index in [-0.39, 0.29) is 29.8 Å². The number of Topliss-reactive ketones (excluding diaryl/α,β-unsaturated/α-hetero) is 1. The lowest BCUT2D eigenvalue weighted by atomic mass is 9.54. The number of allylic oxidation sites excluding steroid dienone is 2. The van der Waals surface area contributed by atoms with Gasteiger partial charge in [0, 0.05) is 23.7 Å². The maximum atomic E-state index is 13.0. The molecule has 0 bridgehead atoms. The normalized spacial score (nSPS) is 23.1. The molecule has 2 aromatic carbocycles. The van der Waals surface area contributed by atoms with Crippen molar-refractivity contribution in [2.24, 2.45) is 11.8 Å². The fourth-order valence-corrected chi connectivity index (χ4v) is 6.06. The van der Waals surface area contributed by atoms with Crippen LogP contribution in [0, 0.1) is 30.1 Å². The summed E-state index contributed by atoms with van der Waals surface area (Å²) in [7, 11) is 0. The molecule has 1 N–H and O–H groups in total. The van der Waals surface area contributed by atoms with Crippen LogP contribution >= 0.6 is 0 Å². The highest BCUT2D eigenvalue weighted by atomic mass is 16.2. The lowest BCUT2D eigenvalue weighted by Crippen LogP contribution is -2.48. The predicted octanol–water partition coefficient (Wildman–Crippen LogP) is 4.89. The standard InChI is InChI=1S/C30H29N3O2/c1-19-26-14-13-25-27(22-10-6-8-21(16-22)9-7-15-34)32-20(2)33-29(25)30(26,17-23(18-31)28(19)35)24-11-4-3-5-12-24/h3-6,8,10-12,16-17,19,26,34H,7,9,13-15H2,1-2H3/t19-,26-,30+/m0/s1. The van der Waals surface area contributed by atoms with E-state index in [4.69, 9.17) is 9.97 Å². The number of hydrogen-bond acceptors (Lipinski definition) is 5. The number of aromatic nitrogens is 2. The van der Waals surface area contributed by atoms with Crippen LogP contribution in [0.2, 0.25) is 0 Å². The Balaban J connectivity index is 1.79. The number of aryl methyl sites for hydroxylation is 2. The van der Waals surface area contributed by atoms with Crippen molar-refractivity contribution in [2.45, 2.75) is 44.9 Å². The molecule has 0 saturated carbocycles. The van der Waals surface area contributed by atoms with E-state index in [1.165, 1.54) is 0 Å². The lowest BCUT2D eigenvalue weighted by Gasteiger charge is -2.48. The molecule has 1 heterocycles. The highest BCUT2D eigenvalue weighted by Crippen LogP contribution is 2.54. The van der Waals surface area contributed by atoms with Crippen molar-refractivity contribution >= 4 is 5.78 Å². The second-order valence-corrected chi connectivity index (χ2v) is 9.68. The Labute approximate surface area is 206 Å². The first kappa shape index (κ1) is 23.1. The van der Waals surface area contributed by atoms with Gasteiger partial charge in [-0.2, -0.15) is 5.26 Å². The zero-order valence-electron chi connectivity index (χ0n) is 20.2. The molecule has 5 rings (SSSR count). The fourth-order valence-electron chi connectivity index (χ4n) is 6.06. The average Bonchev–Trinajstić information content (AvgIpc) is 2.89. The van der Waals surface area contributed by atoms with E-state index in [0.29, 0.717) is 5.82 Å². The summed E-state index contributed by atoms with van der Waals surface area (Å²) in [6.45, 7) is 4.03. The number of nitriles is 1. The van der Waals surface area contributed by atoms with Crippen LogP contribution in [0.1, 0.15) is 48.0 Å². The highest BCUT2D eigenvalue weighted by molar-refractivity contribution is 6.02. The average molecular weight is 464 g/mol. The molecule has 1 aromatic heterocycles. The Morgan fingerprint density at radius 1 is 1.14 bits per heavy atom. The molecule has 2 aliphatic carbocycles. The van der Waals surface area contributed by atoms with Crippen molar-refractivity contribution in [1.82, 2.24) is 9.97 Å². The molecular formula is C30H29N3O2. The van der Waals surface area contributed by atoms with Gasteiger partial charge in [-0.25, -0.2) is 9.97 Å². The second-order valence-electron chi connectivity index (χ2n) is 9.68. The highest BCUT2D eigenvalue weighted by Gasteiger charge is 2.53. The minimum absolute atomic E-state index is 0.0139. The number of benzene rings is 2. The van der Waals surface area contributed by atoms with Crippen LogP contribution in [0.15, 0.2) is 66.2 Å². The summed E-state index contributed by atoms with van der Waals surface area (Å²) in [5.74, 6) is 0.339. The van der Waals surface area contributed by atoms with E-state index < -0.39 is 5.41 Å². The molecule has 3 atom stereocenters. The van der Waals surface area contributed by atoms with Gasteiger partial charge in [0.1, 0.15) is 11.9 Å². The zero-order valence-corrected chi connectivity index (χ0v) is 20.2. The Bertz CT molecular complexity index is 1360. The number of carbonyl (C=O) groups excluding carboxylic acids is 1. The van der Waals surface area contributed by atoms with Crippen molar-refractivity contribution in [3.05, 3.63) is 94.5 Å². The largest absolute Gasteiger partial charge is 0.396 e. The fraction of sp³-hybridized carbons (Fsp3) is 0.333. The molecule has 0 aliphatic heterocycles. The van der Waals surface area contributed by atoms with E-state index in [1.54, 1.807) is 0 Å². The Morgan fingerprint density at radius 3 is 2.69 bits per heavy atom. The molecule has 0 unspecified atom stereocenters. The van der Waals surface area contributed by atoms with E-state index >= 15 is 0 Å². The first-order chi connectivity index (χ1) is 17.0. The summed E-state index contributed by atoms with van der Waals surface area (Å²) in [4.78, 5) is 23.0. The van der Waals surface area contributed by atoms with Crippen molar-refractivity contribution in [3.8, 4) is 17.3 Å². The summed E-state index contributed by atoms with van der Waals surface area (Å²) in [5.41, 5.74) is 5.73. The zero-order chi connectivity index (χ0) is 24.6. The smallest absolute Gasteiger partial charge is 0.176 e. The molecule has 35 heavy (non-hydrogen) atoms. The van der Waals surface area contributed by atoms with Gasteiger partial charge in [0.2, 0.25) is 0 Å². The monoisotopic (exact) mass is 463 g/mol. The van der Waals surface area contributed by atoms with Gasteiger partial charge in [-0.05, 0) is 61.8 Å². The topological polar surface area (TPSA) is 86.9 Å². The third-order valence-corrected chi connectivity index (χ3v) is 7.65. The van der Waals surface area contributed by atoms with Gasteiger partial charge in [0.25, 0.3) is 0 Å². The van der Waals surface area contributed by atoms with Crippen LogP contribution in [-0.4, -0.2) is 27.5 Å². The van der Waals surface area contributed by atoms with Crippen LogP contribution in [0.4, 0.5) is 0 Å². The summed E-state index contributed by atoms with van der Waals surface area (Å²) in [5, 5.41) is 19.1.